The topological polar surface area (TPSA) is 59.2 Å². The highest BCUT2D eigenvalue weighted by molar-refractivity contribution is 5.81. The highest BCUT2D eigenvalue weighted by Gasteiger charge is 2.40. The second-order valence-corrected chi connectivity index (χ2v) is 5.70. The van der Waals surface area contributed by atoms with Gasteiger partial charge in [0, 0.05) is 30.0 Å². The van der Waals surface area contributed by atoms with Crippen molar-refractivity contribution in [1.29, 1.82) is 0 Å². The van der Waals surface area contributed by atoms with E-state index in [-0.39, 0.29) is 5.79 Å². The molecule has 5 heteroatoms. The van der Waals surface area contributed by atoms with Gasteiger partial charge in [0.05, 0.1) is 24.9 Å². The van der Waals surface area contributed by atoms with Gasteiger partial charge in [0.1, 0.15) is 0 Å². The molecule has 2 heterocycles. The summed E-state index contributed by atoms with van der Waals surface area (Å²) < 4.78 is 11.5. The second kappa shape index (κ2) is 4.75. The molecule has 1 spiro atoms. The van der Waals surface area contributed by atoms with Crippen LogP contribution in [0.3, 0.4) is 0 Å². The Morgan fingerprint density at radius 1 is 1.20 bits per heavy atom. The minimum Gasteiger partial charge on any atom is -0.382 e. The fourth-order valence-electron chi connectivity index (χ4n) is 3.26. The first kappa shape index (κ1) is 12.2. The molecule has 1 aromatic carbocycles. The second-order valence-electron chi connectivity index (χ2n) is 5.70. The number of hydrogen-bond acceptors (Lipinski definition) is 4. The van der Waals surface area contributed by atoms with Crippen molar-refractivity contribution in [2.24, 2.45) is 0 Å². The van der Waals surface area contributed by atoms with Crippen molar-refractivity contribution in [3.05, 3.63) is 24.4 Å². The van der Waals surface area contributed by atoms with Gasteiger partial charge in [0.15, 0.2) is 5.79 Å². The molecule has 2 aliphatic rings. The molecule has 0 amide bonds. The van der Waals surface area contributed by atoms with Crippen LogP contribution in [0.25, 0.3) is 10.9 Å². The molecule has 20 heavy (non-hydrogen) atoms. The van der Waals surface area contributed by atoms with E-state index in [1.165, 1.54) is 0 Å². The maximum absolute atomic E-state index is 5.76. The van der Waals surface area contributed by atoms with Gasteiger partial charge in [0.25, 0.3) is 0 Å². The Balaban J connectivity index is 1.42. The summed E-state index contributed by atoms with van der Waals surface area (Å²) in [6.07, 6.45) is 6.00. The lowest BCUT2D eigenvalue weighted by molar-refractivity contribution is -0.177. The lowest BCUT2D eigenvalue weighted by Crippen LogP contribution is -2.39. The quantitative estimate of drug-likeness (QED) is 0.883. The number of H-pyrrole nitrogens is 1. The summed E-state index contributed by atoms with van der Waals surface area (Å²) in [6.45, 7) is 1.49. The number of fused-ring (bicyclic) bond motifs is 1. The fraction of sp³-hybridized carbons (Fsp3) is 0.533. The Morgan fingerprint density at radius 3 is 2.80 bits per heavy atom. The average Bonchev–Trinajstić information content (AvgIpc) is 3.11. The average molecular weight is 273 g/mol. The molecule has 0 unspecified atom stereocenters. The van der Waals surface area contributed by atoms with Crippen LogP contribution in [-0.2, 0) is 9.47 Å². The largest absolute Gasteiger partial charge is 0.382 e. The van der Waals surface area contributed by atoms with E-state index in [2.05, 4.69) is 33.7 Å². The first-order valence-corrected chi connectivity index (χ1v) is 7.31. The summed E-state index contributed by atoms with van der Waals surface area (Å²) >= 11 is 0. The van der Waals surface area contributed by atoms with Crippen molar-refractivity contribution in [3.8, 4) is 0 Å². The number of nitrogens with zero attached hydrogens (tertiary/aromatic N) is 1. The Labute approximate surface area is 117 Å². The van der Waals surface area contributed by atoms with Crippen LogP contribution >= 0.6 is 0 Å². The zero-order valence-electron chi connectivity index (χ0n) is 11.4. The molecule has 4 rings (SSSR count). The van der Waals surface area contributed by atoms with E-state index in [0.29, 0.717) is 6.04 Å². The van der Waals surface area contributed by atoms with E-state index in [0.717, 1.165) is 55.5 Å². The predicted octanol–water partition coefficient (Wildman–Crippen LogP) is 2.66. The van der Waals surface area contributed by atoms with Crippen molar-refractivity contribution in [2.75, 3.05) is 18.5 Å². The summed E-state index contributed by atoms with van der Waals surface area (Å²) in [5, 5.41) is 11.8. The van der Waals surface area contributed by atoms with Crippen molar-refractivity contribution >= 4 is 16.6 Å². The number of ether oxygens (including phenoxy) is 2. The lowest BCUT2D eigenvalue weighted by atomic mass is 9.90. The smallest absolute Gasteiger partial charge is 0.168 e. The maximum Gasteiger partial charge on any atom is 0.168 e. The molecule has 1 aromatic heterocycles. The number of hydrogen-bond donors (Lipinski definition) is 2. The summed E-state index contributed by atoms with van der Waals surface area (Å²) in [6, 6.07) is 6.81. The molecule has 0 atom stereocenters. The van der Waals surface area contributed by atoms with Gasteiger partial charge in [-0.3, -0.25) is 5.10 Å². The van der Waals surface area contributed by atoms with Crippen LogP contribution in [0.1, 0.15) is 25.7 Å². The fourth-order valence-corrected chi connectivity index (χ4v) is 3.26. The molecule has 2 aromatic rings. The van der Waals surface area contributed by atoms with Crippen molar-refractivity contribution < 1.29 is 9.47 Å². The van der Waals surface area contributed by atoms with Crippen LogP contribution < -0.4 is 5.32 Å². The zero-order valence-corrected chi connectivity index (χ0v) is 11.4. The maximum atomic E-state index is 5.76. The molecule has 106 valence electrons. The molecule has 1 aliphatic heterocycles. The van der Waals surface area contributed by atoms with Crippen LogP contribution in [0.15, 0.2) is 24.4 Å². The Hall–Kier alpha value is -1.59. The van der Waals surface area contributed by atoms with E-state index >= 15 is 0 Å². The Bertz CT molecular complexity index is 594. The predicted molar refractivity (Wildman–Crippen MR) is 76.6 cm³/mol. The van der Waals surface area contributed by atoms with Crippen molar-refractivity contribution in [2.45, 2.75) is 37.5 Å². The SMILES string of the molecule is c1cc2[nH]ncc2cc1NC1CCC2(CC1)OCCO2. The molecule has 2 fully saturated rings. The van der Waals surface area contributed by atoms with Crippen LogP contribution in [0.4, 0.5) is 5.69 Å². The monoisotopic (exact) mass is 273 g/mol. The van der Waals surface area contributed by atoms with Gasteiger partial charge in [-0.05, 0) is 31.0 Å². The summed E-state index contributed by atoms with van der Waals surface area (Å²) in [7, 11) is 0. The molecular formula is C15H19N3O2. The van der Waals surface area contributed by atoms with Gasteiger partial charge in [-0.25, -0.2) is 0 Å². The minimum atomic E-state index is -0.271. The third-order valence-electron chi connectivity index (χ3n) is 4.37. The van der Waals surface area contributed by atoms with Crippen molar-refractivity contribution in [3.63, 3.8) is 0 Å². The Kier molecular flexibility index (Phi) is 2.89. The highest BCUT2D eigenvalue weighted by atomic mass is 16.7. The van der Waals surface area contributed by atoms with E-state index in [1.807, 2.05) is 6.20 Å². The van der Waals surface area contributed by atoms with Gasteiger partial charge >= 0.3 is 0 Å². The first-order valence-electron chi connectivity index (χ1n) is 7.31. The molecule has 0 bridgehead atoms. The van der Waals surface area contributed by atoms with Gasteiger partial charge in [-0.15, -0.1) is 0 Å². The highest BCUT2D eigenvalue weighted by Crippen LogP contribution is 2.36. The van der Waals surface area contributed by atoms with Crippen LogP contribution in [0.5, 0.6) is 0 Å². The molecular weight excluding hydrogens is 254 g/mol. The minimum absolute atomic E-state index is 0.271. The third kappa shape index (κ3) is 2.17. The van der Waals surface area contributed by atoms with Crippen molar-refractivity contribution in [1.82, 2.24) is 10.2 Å². The molecule has 2 N–H and O–H groups in total. The van der Waals surface area contributed by atoms with Gasteiger partial charge in [0.2, 0.25) is 0 Å². The number of aromatic amines is 1. The molecule has 0 radical (unpaired) electrons. The standard InChI is InChI=1S/C15H19N3O2/c1-2-14-11(10-16-18-14)9-13(1)17-12-3-5-15(6-4-12)19-7-8-20-15/h1-2,9-10,12,17H,3-8H2,(H,16,18). The summed E-state index contributed by atoms with van der Waals surface area (Å²) in [5.41, 5.74) is 2.24. The number of nitrogens with one attached hydrogen (secondary N) is 2. The zero-order chi connectivity index (χ0) is 13.4. The number of anilines is 1. The van der Waals surface area contributed by atoms with E-state index in [9.17, 15) is 0 Å². The van der Waals surface area contributed by atoms with Gasteiger partial charge in [-0.1, -0.05) is 0 Å². The number of aromatic nitrogens is 2. The van der Waals surface area contributed by atoms with Gasteiger partial charge < -0.3 is 14.8 Å². The van der Waals surface area contributed by atoms with E-state index < -0.39 is 0 Å². The summed E-state index contributed by atoms with van der Waals surface area (Å²) in [5.74, 6) is -0.271. The Morgan fingerprint density at radius 2 is 2.00 bits per heavy atom. The van der Waals surface area contributed by atoms with Gasteiger partial charge in [-0.2, -0.15) is 5.10 Å². The lowest BCUT2D eigenvalue weighted by Gasteiger charge is -2.36. The molecule has 1 aliphatic carbocycles. The van der Waals surface area contributed by atoms with E-state index in [1.54, 1.807) is 0 Å². The normalized spacial score (nSPS) is 22.6. The van der Waals surface area contributed by atoms with Crippen LogP contribution in [0, 0.1) is 0 Å². The first-order chi connectivity index (χ1) is 9.83. The van der Waals surface area contributed by atoms with Crippen LogP contribution in [-0.4, -0.2) is 35.2 Å². The number of benzene rings is 1. The summed E-state index contributed by atoms with van der Waals surface area (Å²) in [4.78, 5) is 0. The molecule has 1 saturated heterocycles. The van der Waals surface area contributed by atoms with Crippen LogP contribution in [0.2, 0.25) is 0 Å². The number of rotatable bonds is 2. The van der Waals surface area contributed by atoms with E-state index in [4.69, 9.17) is 9.47 Å². The third-order valence-corrected chi connectivity index (χ3v) is 4.37. The molecule has 1 saturated carbocycles. The molecule has 5 nitrogen and oxygen atoms in total.